The van der Waals surface area contributed by atoms with Crippen LogP contribution < -0.4 is 15.8 Å². The Balaban J connectivity index is 1.75. The lowest BCUT2D eigenvalue weighted by Gasteiger charge is -2.22. The topological polar surface area (TPSA) is 114 Å². The Bertz CT molecular complexity index is 1460. The second-order valence-corrected chi connectivity index (χ2v) is 11.7. The minimum absolute atomic E-state index is 0.0609. The summed E-state index contributed by atoms with van der Waals surface area (Å²) in [6.45, 7) is 5.32. The Morgan fingerprint density at radius 1 is 0.971 bits per heavy atom. The van der Waals surface area contributed by atoms with Gasteiger partial charge in [-0.1, -0.05) is 24.3 Å². The molecule has 1 heterocycles. The van der Waals surface area contributed by atoms with Gasteiger partial charge >= 0.3 is 0 Å². The highest BCUT2D eigenvalue weighted by Gasteiger charge is 2.26. The number of aromatic nitrogens is 1. The number of carbonyl (C=O) groups excluding carboxylic acids is 1. The van der Waals surface area contributed by atoms with Crippen LogP contribution in [-0.2, 0) is 10.0 Å². The monoisotopic (exact) mass is 506 g/mol. The van der Waals surface area contributed by atoms with E-state index in [0.29, 0.717) is 27.4 Å². The predicted octanol–water partition coefficient (Wildman–Crippen LogP) is 5.39. The van der Waals surface area contributed by atoms with Crippen LogP contribution in [0.5, 0.6) is 0 Å². The number of amides is 1. The molecule has 9 heteroatoms. The summed E-state index contributed by atoms with van der Waals surface area (Å²) in [7, 11) is -3.92. The maximum atomic E-state index is 13.4. The molecular formula is C26H26N4O3S2. The normalized spacial score (nSPS) is 11.9. The molecule has 0 aliphatic heterocycles. The van der Waals surface area contributed by atoms with E-state index in [2.05, 4.69) is 15.0 Å². The van der Waals surface area contributed by atoms with Crippen molar-refractivity contribution in [1.29, 1.82) is 0 Å². The third kappa shape index (κ3) is 5.94. The van der Waals surface area contributed by atoms with E-state index in [1.165, 1.54) is 17.4 Å². The second-order valence-electron chi connectivity index (χ2n) is 9.04. The molecule has 0 unspecified atom stereocenters. The van der Waals surface area contributed by atoms with Crippen LogP contribution in [0.25, 0.3) is 21.0 Å². The second kappa shape index (κ2) is 9.61. The van der Waals surface area contributed by atoms with Gasteiger partial charge in [0.2, 0.25) is 10.0 Å². The summed E-state index contributed by atoms with van der Waals surface area (Å²) >= 11 is 1.38. The van der Waals surface area contributed by atoms with Crippen molar-refractivity contribution in [2.75, 3.05) is 11.1 Å². The van der Waals surface area contributed by atoms with Crippen LogP contribution in [0.3, 0.4) is 0 Å². The first kappa shape index (κ1) is 24.6. The SMILES string of the molecule is CC(C)(C)NS(=O)(=O)c1cc(NC(=O)c2ccccc2)ccc1-c1cnc(-c2ccc(N)cc2)s1. The van der Waals surface area contributed by atoms with Crippen molar-refractivity contribution < 1.29 is 13.2 Å². The largest absolute Gasteiger partial charge is 0.399 e. The number of anilines is 2. The fourth-order valence-electron chi connectivity index (χ4n) is 3.43. The van der Waals surface area contributed by atoms with E-state index in [1.807, 2.05) is 18.2 Å². The van der Waals surface area contributed by atoms with Crippen LogP contribution in [0.4, 0.5) is 11.4 Å². The number of nitrogens with two attached hydrogens (primary N) is 1. The van der Waals surface area contributed by atoms with Crippen molar-refractivity contribution in [3.8, 4) is 21.0 Å². The van der Waals surface area contributed by atoms with Gasteiger partial charge < -0.3 is 11.1 Å². The summed E-state index contributed by atoms with van der Waals surface area (Å²) in [5, 5.41) is 3.54. The molecule has 4 aromatic rings. The standard InChI is InChI=1S/C26H26N4O3S2/c1-26(2,3)30-35(32,33)23-15-20(29-24(31)17-7-5-4-6-8-17)13-14-21(23)22-16-28-25(34-22)18-9-11-19(27)12-10-18/h4-16,30H,27H2,1-3H3,(H,29,31). The quantitative estimate of drug-likeness (QED) is 0.304. The molecular weight excluding hydrogens is 480 g/mol. The Labute approximate surface area is 209 Å². The minimum atomic E-state index is -3.92. The Morgan fingerprint density at radius 3 is 2.31 bits per heavy atom. The van der Waals surface area contributed by atoms with Crippen molar-refractivity contribution >= 4 is 38.6 Å². The van der Waals surface area contributed by atoms with Gasteiger partial charge in [-0.05, 0) is 69.3 Å². The number of nitrogens with one attached hydrogen (secondary N) is 2. The lowest BCUT2D eigenvalue weighted by atomic mass is 10.1. The maximum absolute atomic E-state index is 13.4. The summed E-state index contributed by atoms with van der Waals surface area (Å²) in [6.07, 6.45) is 1.66. The molecule has 4 rings (SSSR count). The average Bonchev–Trinajstić information content (AvgIpc) is 3.29. The van der Waals surface area contributed by atoms with Crippen molar-refractivity contribution in [3.05, 3.63) is 84.6 Å². The number of thiazole rings is 1. The van der Waals surface area contributed by atoms with Crippen LogP contribution in [0, 0.1) is 0 Å². The van der Waals surface area contributed by atoms with Crippen molar-refractivity contribution in [1.82, 2.24) is 9.71 Å². The van der Waals surface area contributed by atoms with Crippen LogP contribution >= 0.6 is 11.3 Å². The molecule has 0 aliphatic carbocycles. The van der Waals surface area contributed by atoms with Gasteiger partial charge in [0.05, 0.1) is 9.77 Å². The van der Waals surface area contributed by atoms with E-state index in [-0.39, 0.29) is 10.8 Å². The molecule has 7 nitrogen and oxygen atoms in total. The molecule has 180 valence electrons. The highest BCUT2D eigenvalue weighted by atomic mass is 32.2. The van der Waals surface area contributed by atoms with Crippen molar-refractivity contribution in [3.63, 3.8) is 0 Å². The van der Waals surface area contributed by atoms with Crippen LogP contribution in [0.2, 0.25) is 0 Å². The van der Waals surface area contributed by atoms with Gasteiger partial charge in [0.15, 0.2) is 0 Å². The molecule has 4 N–H and O–H groups in total. The molecule has 0 bridgehead atoms. The highest BCUT2D eigenvalue weighted by molar-refractivity contribution is 7.89. The lowest BCUT2D eigenvalue weighted by molar-refractivity contribution is 0.102. The van der Waals surface area contributed by atoms with Gasteiger partial charge in [-0.2, -0.15) is 0 Å². The smallest absolute Gasteiger partial charge is 0.255 e. The molecule has 3 aromatic carbocycles. The van der Waals surface area contributed by atoms with Crippen LogP contribution in [-0.4, -0.2) is 24.8 Å². The first-order chi connectivity index (χ1) is 16.5. The third-order valence-electron chi connectivity index (χ3n) is 4.93. The lowest BCUT2D eigenvalue weighted by Crippen LogP contribution is -2.40. The van der Waals surface area contributed by atoms with E-state index >= 15 is 0 Å². The number of hydrogen-bond acceptors (Lipinski definition) is 6. The molecule has 1 aromatic heterocycles. The zero-order chi connectivity index (χ0) is 25.2. The van der Waals surface area contributed by atoms with Gasteiger partial charge in [-0.3, -0.25) is 4.79 Å². The summed E-state index contributed by atoms with van der Waals surface area (Å²) < 4.78 is 29.5. The van der Waals surface area contributed by atoms with Gasteiger partial charge in [-0.25, -0.2) is 18.1 Å². The summed E-state index contributed by atoms with van der Waals surface area (Å²) in [5.74, 6) is -0.325. The Morgan fingerprint density at radius 2 is 1.66 bits per heavy atom. The van der Waals surface area contributed by atoms with Gasteiger partial charge in [0.1, 0.15) is 5.01 Å². The minimum Gasteiger partial charge on any atom is -0.399 e. The molecule has 1 amide bonds. The molecule has 0 radical (unpaired) electrons. The fourth-order valence-corrected chi connectivity index (χ4v) is 6.13. The fraction of sp³-hybridized carbons (Fsp3) is 0.154. The highest BCUT2D eigenvalue weighted by Crippen LogP contribution is 2.37. The molecule has 0 spiro atoms. The third-order valence-corrected chi connectivity index (χ3v) is 7.81. The first-order valence-electron chi connectivity index (χ1n) is 10.9. The van der Waals surface area contributed by atoms with E-state index in [4.69, 9.17) is 5.73 Å². The number of sulfonamides is 1. The van der Waals surface area contributed by atoms with Crippen LogP contribution in [0.1, 0.15) is 31.1 Å². The summed E-state index contributed by atoms with van der Waals surface area (Å²) in [5.41, 5.74) is 7.98. The molecule has 0 aliphatic rings. The Hall–Kier alpha value is -3.53. The van der Waals surface area contributed by atoms with Gasteiger partial charge in [0, 0.05) is 39.8 Å². The maximum Gasteiger partial charge on any atom is 0.255 e. The average molecular weight is 507 g/mol. The number of benzene rings is 3. The number of nitrogens with zero attached hydrogens (tertiary/aromatic N) is 1. The van der Waals surface area contributed by atoms with E-state index in [9.17, 15) is 13.2 Å². The zero-order valence-electron chi connectivity index (χ0n) is 19.6. The number of hydrogen-bond donors (Lipinski definition) is 3. The molecule has 0 saturated heterocycles. The van der Waals surface area contributed by atoms with Crippen LogP contribution in [0.15, 0.2) is 83.9 Å². The van der Waals surface area contributed by atoms with Gasteiger partial charge in [0.25, 0.3) is 5.91 Å². The number of nitrogen functional groups attached to an aromatic ring is 1. The summed E-state index contributed by atoms with van der Waals surface area (Å²) in [4.78, 5) is 17.9. The molecule has 0 saturated carbocycles. The zero-order valence-corrected chi connectivity index (χ0v) is 21.2. The van der Waals surface area contributed by atoms with E-state index in [1.54, 1.807) is 75.5 Å². The van der Waals surface area contributed by atoms with Crippen molar-refractivity contribution in [2.24, 2.45) is 0 Å². The van der Waals surface area contributed by atoms with E-state index in [0.717, 1.165) is 10.6 Å². The first-order valence-corrected chi connectivity index (χ1v) is 13.2. The predicted molar refractivity (Wildman–Crippen MR) is 142 cm³/mol. The number of rotatable bonds is 6. The molecule has 0 atom stereocenters. The van der Waals surface area contributed by atoms with E-state index < -0.39 is 15.6 Å². The Kier molecular flexibility index (Phi) is 6.75. The molecule has 0 fully saturated rings. The summed E-state index contributed by atoms with van der Waals surface area (Å²) in [6, 6.07) is 20.9. The number of carbonyl (C=O) groups is 1. The van der Waals surface area contributed by atoms with Gasteiger partial charge in [-0.15, -0.1) is 11.3 Å². The van der Waals surface area contributed by atoms with Crippen molar-refractivity contribution in [2.45, 2.75) is 31.2 Å². The molecule has 35 heavy (non-hydrogen) atoms.